The summed E-state index contributed by atoms with van der Waals surface area (Å²) in [5.74, 6) is 0.676. The van der Waals surface area contributed by atoms with E-state index in [0.29, 0.717) is 11.1 Å². The minimum Gasteiger partial charge on any atom is -0.288 e. The van der Waals surface area contributed by atoms with Crippen LogP contribution < -0.4 is 10.9 Å². The molecule has 0 unspecified atom stereocenters. The summed E-state index contributed by atoms with van der Waals surface area (Å²) in [5.41, 5.74) is 7.05. The fourth-order valence-electron chi connectivity index (χ4n) is 2.87. The number of rotatable bonds is 6. The molecule has 1 heterocycles. The van der Waals surface area contributed by atoms with Gasteiger partial charge in [0.05, 0.1) is 0 Å². The molecule has 0 bridgehead atoms. The molecule has 0 atom stereocenters. The van der Waals surface area contributed by atoms with E-state index in [-0.39, 0.29) is 11.7 Å². The number of carbonyl (C=O) groups excluding carboxylic acids is 2. The van der Waals surface area contributed by atoms with Crippen molar-refractivity contribution in [3.05, 3.63) is 77.1 Å². The molecule has 1 fully saturated rings. The van der Waals surface area contributed by atoms with Gasteiger partial charge in [0.2, 0.25) is 0 Å². The summed E-state index contributed by atoms with van der Waals surface area (Å²) in [6.45, 7) is 1.55. The number of thioether (sulfide) groups is 1. The van der Waals surface area contributed by atoms with Gasteiger partial charge in [0.15, 0.2) is 0 Å². The summed E-state index contributed by atoms with van der Waals surface area (Å²) >= 11 is 1.85. The van der Waals surface area contributed by atoms with Gasteiger partial charge in [-0.15, -0.1) is 0 Å². The number of halogens is 1. The highest BCUT2D eigenvalue weighted by Crippen LogP contribution is 2.20. The van der Waals surface area contributed by atoms with Crippen LogP contribution in [0.5, 0.6) is 0 Å². The zero-order chi connectivity index (χ0) is 21.3. The lowest BCUT2D eigenvalue weighted by Crippen LogP contribution is -2.46. The lowest BCUT2D eigenvalue weighted by atomic mass is 10.0. The molecule has 3 rings (SSSR count). The Kier molecular flexibility index (Phi) is 7.78. The summed E-state index contributed by atoms with van der Waals surface area (Å²) in [7, 11) is 0. The Morgan fingerprint density at radius 3 is 2.27 bits per heavy atom. The maximum Gasteiger partial charge on any atom is 0.267 e. The van der Waals surface area contributed by atoms with Gasteiger partial charge in [0, 0.05) is 36.2 Å². The Bertz CT molecular complexity index is 937. The molecule has 0 radical (unpaired) electrons. The van der Waals surface area contributed by atoms with Crippen LogP contribution in [-0.2, 0) is 9.59 Å². The quantitative estimate of drug-likeness (QED) is 0.286. The van der Waals surface area contributed by atoms with Crippen LogP contribution in [0.25, 0.3) is 17.7 Å². The van der Waals surface area contributed by atoms with Crippen molar-refractivity contribution in [3.8, 4) is 0 Å². The normalized spacial score (nSPS) is 15.2. The molecule has 3 N–H and O–H groups in total. The largest absolute Gasteiger partial charge is 0.288 e. The van der Waals surface area contributed by atoms with Gasteiger partial charge in [-0.25, -0.2) is 14.9 Å². The third kappa shape index (κ3) is 6.28. The molecular weight excluding hydrogens is 405 g/mol. The summed E-state index contributed by atoms with van der Waals surface area (Å²) in [4.78, 5) is 24.1. The first-order valence-corrected chi connectivity index (χ1v) is 10.5. The van der Waals surface area contributed by atoms with E-state index < -0.39 is 5.91 Å². The van der Waals surface area contributed by atoms with Gasteiger partial charge in [-0.1, -0.05) is 36.4 Å². The predicted molar refractivity (Wildman–Crippen MR) is 117 cm³/mol. The van der Waals surface area contributed by atoms with Crippen LogP contribution in [0.4, 0.5) is 4.39 Å². The number of amides is 2. The molecule has 0 saturated carbocycles. The summed E-state index contributed by atoms with van der Waals surface area (Å²) in [6.07, 6.45) is 4.51. The third-order valence-corrected chi connectivity index (χ3v) is 5.40. The monoisotopic (exact) mass is 427 g/mol. The molecule has 156 valence electrons. The van der Waals surface area contributed by atoms with E-state index >= 15 is 0 Å². The summed E-state index contributed by atoms with van der Waals surface area (Å²) < 4.78 is 13.4. The van der Waals surface area contributed by atoms with Crippen molar-refractivity contribution in [1.82, 2.24) is 15.9 Å². The predicted octanol–water partition coefficient (Wildman–Crippen LogP) is 2.96. The molecule has 8 heteroatoms. The fourth-order valence-corrected chi connectivity index (χ4v) is 3.77. The summed E-state index contributed by atoms with van der Waals surface area (Å²) in [5, 5.41) is 10.4. The Balaban J connectivity index is 1.84. The van der Waals surface area contributed by atoms with Crippen LogP contribution in [0.15, 0.2) is 54.6 Å². The van der Waals surface area contributed by atoms with E-state index in [4.69, 9.17) is 5.21 Å². The van der Waals surface area contributed by atoms with E-state index in [0.717, 1.165) is 35.7 Å². The van der Waals surface area contributed by atoms with Crippen molar-refractivity contribution in [2.75, 3.05) is 24.6 Å². The van der Waals surface area contributed by atoms with Crippen LogP contribution in [0.2, 0.25) is 0 Å². The molecule has 1 saturated heterocycles. The van der Waals surface area contributed by atoms with Crippen molar-refractivity contribution in [3.63, 3.8) is 0 Å². The molecule has 0 aliphatic carbocycles. The first-order valence-electron chi connectivity index (χ1n) is 9.39. The number of hydrazine groups is 1. The van der Waals surface area contributed by atoms with Crippen molar-refractivity contribution < 1.29 is 19.2 Å². The molecule has 1 aliphatic heterocycles. The second-order valence-electron chi connectivity index (χ2n) is 6.58. The molecule has 2 amide bonds. The first kappa shape index (κ1) is 21.8. The van der Waals surface area contributed by atoms with Gasteiger partial charge in [0.1, 0.15) is 5.82 Å². The Morgan fingerprint density at radius 1 is 1.00 bits per heavy atom. The van der Waals surface area contributed by atoms with E-state index in [2.05, 4.69) is 5.43 Å². The van der Waals surface area contributed by atoms with Crippen LogP contribution in [0.3, 0.4) is 0 Å². The minimum absolute atomic E-state index is 0.253. The standard InChI is InChI=1S/C22H22FN3O3S/c23-19-8-6-18(7-9-19)20(22(28)24-26-11-13-30-14-12-26)15-17-3-1-16(2-4-17)5-10-21(27)25-29/h1-10,15,29H,11-14H2,(H,24,28)(H,25,27)/b10-5+,20-15?. The van der Waals surface area contributed by atoms with E-state index in [9.17, 15) is 14.0 Å². The van der Waals surface area contributed by atoms with Gasteiger partial charge >= 0.3 is 0 Å². The van der Waals surface area contributed by atoms with Gasteiger partial charge in [-0.2, -0.15) is 11.8 Å². The number of benzene rings is 2. The van der Waals surface area contributed by atoms with Crippen LogP contribution in [0.1, 0.15) is 16.7 Å². The molecule has 0 aromatic heterocycles. The Morgan fingerprint density at radius 2 is 1.63 bits per heavy atom. The SMILES string of the molecule is O=C(/C=C/c1ccc(C=C(C(=O)NN2CCSCC2)c2ccc(F)cc2)cc1)NO. The average molecular weight is 428 g/mol. The average Bonchev–Trinajstić information content (AvgIpc) is 2.78. The first-order chi connectivity index (χ1) is 14.5. The Hall–Kier alpha value is -2.94. The topological polar surface area (TPSA) is 81.7 Å². The van der Waals surface area contributed by atoms with Crippen molar-refractivity contribution >= 4 is 41.3 Å². The highest BCUT2D eigenvalue weighted by Gasteiger charge is 2.17. The van der Waals surface area contributed by atoms with Gasteiger partial charge in [0.25, 0.3) is 11.8 Å². The minimum atomic E-state index is -0.620. The third-order valence-electron chi connectivity index (χ3n) is 4.46. The van der Waals surface area contributed by atoms with E-state index in [1.165, 1.54) is 23.7 Å². The number of hydrogen-bond donors (Lipinski definition) is 3. The van der Waals surface area contributed by atoms with Crippen LogP contribution >= 0.6 is 11.8 Å². The highest BCUT2D eigenvalue weighted by molar-refractivity contribution is 7.99. The van der Waals surface area contributed by atoms with Crippen molar-refractivity contribution in [1.29, 1.82) is 0 Å². The maximum atomic E-state index is 13.4. The van der Waals surface area contributed by atoms with Crippen LogP contribution in [-0.4, -0.2) is 46.6 Å². The zero-order valence-corrected chi connectivity index (χ0v) is 17.0. The highest BCUT2D eigenvalue weighted by atomic mass is 32.2. The summed E-state index contributed by atoms with van der Waals surface area (Å²) in [6, 6.07) is 13.0. The van der Waals surface area contributed by atoms with Gasteiger partial charge in [-0.3, -0.25) is 20.2 Å². The number of nitrogens with one attached hydrogen (secondary N) is 2. The number of hydroxylamine groups is 1. The molecule has 6 nitrogen and oxygen atoms in total. The number of nitrogens with zero attached hydrogens (tertiary/aromatic N) is 1. The molecule has 30 heavy (non-hydrogen) atoms. The lowest BCUT2D eigenvalue weighted by molar-refractivity contribution is -0.124. The second kappa shape index (κ2) is 10.7. The maximum absolute atomic E-state index is 13.4. The molecular formula is C22H22FN3O3S. The number of hydrogen-bond acceptors (Lipinski definition) is 5. The van der Waals surface area contributed by atoms with Gasteiger partial charge in [-0.05, 0) is 41.0 Å². The fraction of sp³-hybridized carbons (Fsp3) is 0.182. The molecule has 2 aromatic rings. The smallest absolute Gasteiger partial charge is 0.267 e. The van der Waals surface area contributed by atoms with E-state index in [1.807, 2.05) is 28.9 Å². The lowest BCUT2D eigenvalue weighted by Gasteiger charge is -2.27. The molecule has 0 spiro atoms. The Labute approximate surface area is 178 Å². The molecule has 1 aliphatic rings. The van der Waals surface area contributed by atoms with Crippen molar-refractivity contribution in [2.45, 2.75) is 0 Å². The van der Waals surface area contributed by atoms with Crippen LogP contribution in [0, 0.1) is 5.82 Å². The molecule has 2 aromatic carbocycles. The second-order valence-corrected chi connectivity index (χ2v) is 7.81. The van der Waals surface area contributed by atoms with Gasteiger partial charge < -0.3 is 0 Å². The van der Waals surface area contributed by atoms with Crippen molar-refractivity contribution in [2.24, 2.45) is 0 Å². The zero-order valence-electron chi connectivity index (χ0n) is 16.2. The van der Waals surface area contributed by atoms with E-state index in [1.54, 1.807) is 36.4 Å². The number of carbonyl (C=O) groups is 2.